The van der Waals surface area contributed by atoms with E-state index in [2.05, 4.69) is 30.6 Å². The van der Waals surface area contributed by atoms with Gasteiger partial charge >= 0.3 is 0 Å². The Bertz CT molecular complexity index is 1390. The molecule has 154 valence electrons. The lowest BCUT2D eigenvalue weighted by atomic mass is 10.1. The molecule has 10 heteroatoms. The molecule has 0 atom stereocenters. The van der Waals surface area contributed by atoms with Crippen molar-refractivity contribution in [2.75, 3.05) is 5.32 Å². The molecule has 1 aromatic carbocycles. The van der Waals surface area contributed by atoms with Crippen molar-refractivity contribution in [1.29, 1.82) is 0 Å². The lowest BCUT2D eigenvalue weighted by molar-refractivity contribution is 0.507. The molecule has 0 unspecified atom stereocenters. The third-order valence-corrected chi connectivity index (χ3v) is 4.84. The van der Waals surface area contributed by atoms with Gasteiger partial charge < -0.3 is 5.32 Å². The minimum atomic E-state index is -0.882. The fraction of sp³-hybridized carbons (Fsp3) is 0.0952. The SMILES string of the molecule is Cn1nccc1Nc1nccc(-c2ccn3c(Cc4ccc(F)c(F)c4)nnc3c2)n1. The Morgan fingerprint density at radius 1 is 0.968 bits per heavy atom. The molecule has 0 aliphatic heterocycles. The van der Waals surface area contributed by atoms with E-state index in [1.54, 1.807) is 27.5 Å². The average molecular weight is 418 g/mol. The van der Waals surface area contributed by atoms with Crippen molar-refractivity contribution >= 4 is 17.4 Å². The maximum absolute atomic E-state index is 13.5. The summed E-state index contributed by atoms with van der Waals surface area (Å²) in [5.41, 5.74) is 2.79. The number of pyridine rings is 1. The first kappa shape index (κ1) is 18.8. The van der Waals surface area contributed by atoms with E-state index in [-0.39, 0.29) is 0 Å². The Kier molecular flexibility index (Phi) is 4.58. The minimum Gasteiger partial charge on any atom is -0.309 e. The van der Waals surface area contributed by atoms with E-state index in [9.17, 15) is 8.78 Å². The number of anilines is 2. The Labute approximate surface area is 175 Å². The molecule has 0 amide bonds. The van der Waals surface area contributed by atoms with E-state index in [4.69, 9.17) is 0 Å². The van der Waals surface area contributed by atoms with Crippen LogP contribution in [0.2, 0.25) is 0 Å². The minimum absolute atomic E-state index is 0.323. The maximum Gasteiger partial charge on any atom is 0.228 e. The van der Waals surface area contributed by atoms with Crippen LogP contribution in [0.3, 0.4) is 0 Å². The van der Waals surface area contributed by atoms with Crippen molar-refractivity contribution in [3.8, 4) is 11.3 Å². The van der Waals surface area contributed by atoms with Crippen LogP contribution in [0.5, 0.6) is 0 Å². The zero-order valence-electron chi connectivity index (χ0n) is 16.4. The molecule has 1 N–H and O–H groups in total. The molecule has 31 heavy (non-hydrogen) atoms. The lowest BCUT2D eigenvalue weighted by Gasteiger charge is -2.07. The number of fused-ring (bicyclic) bond motifs is 1. The summed E-state index contributed by atoms with van der Waals surface area (Å²) in [5.74, 6) is 0.0803. The van der Waals surface area contributed by atoms with E-state index in [1.165, 1.54) is 12.1 Å². The molecule has 8 nitrogen and oxygen atoms in total. The summed E-state index contributed by atoms with van der Waals surface area (Å²) >= 11 is 0. The molecule has 5 rings (SSSR count). The number of rotatable bonds is 5. The number of halogens is 2. The van der Waals surface area contributed by atoms with Crippen molar-refractivity contribution in [2.24, 2.45) is 7.05 Å². The molecule has 0 fully saturated rings. The Balaban J connectivity index is 1.42. The van der Waals surface area contributed by atoms with Crippen molar-refractivity contribution in [2.45, 2.75) is 6.42 Å². The van der Waals surface area contributed by atoms with Gasteiger partial charge in [-0.15, -0.1) is 10.2 Å². The van der Waals surface area contributed by atoms with Crippen molar-refractivity contribution in [3.05, 3.63) is 84.1 Å². The third-order valence-electron chi connectivity index (χ3n) is 4.84. The van der Waals surface area contributed by atoms with Gasteiger partial charge in [-0.1, -0.05) is 6.07 Å². The van der Waals surface area contributed by atoms with E-state index < -0.39 is 11.6 Å². The Morgan fingerprint density at radius 3 is 2.68 bits per heavy atom. The largest absolute Gasteiger partial charge is 0.309 e. The van der Waals surface area contributed by atoms with Crippen molar-refractivity contribution in [3.63, 3.8) is 0 Å². The standard InChI is InChI=1S/C21H16F2N8/c1-30-18(5-8-25-30)27-21-24-7-4-17(26-21)14-6-9-31-19(28-29-20(31)12-14)11-13-2-3-15(22)16(23)10-13/h2-10,12H,11H2,1H3,(H,24,26,27). The molecule has 4 heterocycles. The van der Waals surface area contributed by atoms with Gasteiger partial charge in [0.2, 0.25) is 5.95 Å². The molecular formula is C21H16F2N8. The molecule has 0 radical (unpaired) electrons. The van der Waals surface area contributed by atoms with E-state index >= 15 is 0 Å². The number of nitrogens with zero attached hydrogens (tertiary/aromatic N) is 7. The summed E-state index contributed by atoms with van der Waals surface area (Å²) in [6.07, 6.45) is 5.51. The van der Waals surface area contributed by atoms with Gasteiger partial charge in [0.25, 0.3) is 0 Å². The van der Waals surface area contributed by atoms with Gasteiger partial charge in [-0.2, -0.15) is 5.10 Å². The maximum atomic E-state index is 13.5. The Hall–Kier alpha value is -4.21. The second-order valence-electron chi connectivity index (χ2n) is 6.92. The molecule has 5 aromatic rings. The molecule has 0 aliphatic carbocycles. The highest BCUT2D eigenvalue weighted by Crippen LogP contribution is 2.21. The fourth-order valence-corrected chi connectivity index (χ4v) is 3.24. The van der Waals surface area contributed by atoms with Crippen LogP contribution in [0.25, 0.3) is 16.9 Å². The van der Waals surface area contributed by atoms with Crippen LogP contribution in [0.1, 0.15) is 11.4 Å². The van der Waals surface area contributed by atoms with Crippen LogP contribution < -0.4 is 5.32 Å². The van der Waals surface area contributed by atoms with Gasteiger partial charge in [0, 0.05) is 37.5 Å². The predicted octanol–water partition coefficient (Wildman–Crippen LogP) is 3.53. The normalized spacial score (nSPS) is 11.2. The average Bonchev–Trinajstić information content (AvgIpc) is 3.36. The second kappa shape index (κ2) is 7.56. The smallest absolute Gasteiger partial charge is 0.228 e. The summed E-state index contributed by atoms with van der Waals surface area (Å²) in [6, 6.07) is 11.2. The van der Waals surface area contributed by atoms with Crippen LogP contribution in [-0.2, 0) is 13.5 Å². The molecule has 0 bridgehead atoms. The highest BCUT2D eigenvalue weighted by molar-refractivity contribution is 5.65. The van der Waals surface area contributed by atoms with Crippen LogP contribution in [0.15, 0.2) is 61.1 Å². The fourth-order valence-electron chi connectivity index (χ4n) is 3.24. The summed E-state index contributed by atoms with van der Waals surface area (Å²) in [4.78, 5) is 8.81. The predicted molar refractivity (Wildman–Crippen MR) is 110 cm³/mol. The molecule has 4 aromatic heterocycles. The van der Waals surface area contributed by atoms with Gasteiger partial charge in [0.05, 0.1) is 11.9 Å². The van der Waals surface area contributed by atoms with Crippen LogP contribution in [0, 0.1) is 11.6 Å². The van der Waals surface area contributed by atoms with E-state index in [0.717, 1.165) is 17.4 Å². The van der Waals surface area contributed by atoms with Crippen molar-refractivity contribution in [1.82, 2.24) is 34.3 Å². The van der Waals surface area contributed by atoms with Gasteiger partial charge in [-0.3, -0.25) is 9.08 Å². The Morgan fingerprint density at radius 2 is 1.87 bits per heavy atom. The lowest BCUT2D eigenvalue weighted by Crippen LogP contribution is -2.03. The van der Waals surface area contributed by atoms with E-state index in [1.807, 2.05) is 31.4 Å². The first-order valence-corrected chi connectivity index (χ1v) is 9.43. The van der Waals surface area contributed by atoms with Crippen LogP contribution in [0.4, 0.5) is 20.5 Å². The first-order chi connectivity index (χ1) is 15.1. The highest BCUT2D eigenvalue weighted by atomic mass is 19.2. The highest BCUT2D eigenvalue weighted by Gasteiger charge is 2.11. The quantitative estimate of drug-likeness (QED) is 0.470. The topological polar surface area (TPSA) is 85.8 Å². The van der Waals surface area contributed by atoms with Gasteiger partial charge in [-0.25, -0.2) is 18.7 Å². The monoisotopic (exact) mass is 418 g/mol. The summed E-state index contributed by atoms with van der Waals surface area (Å²) in [7, 11) is 1.82. The number of hydrogen-bond donors (Lipinski definition) is 1. The number of aryl methyl sites for hydroxylation is 1. The zero-order valence-corrected chi connectivity index (χ0v) is 16.4. The molecule has 0 aliphatic rings. The molecule has 0 saturated carbocycles. The summed E-state index contributed by atoms with van der Waals surface area (Å²) < 4.78 is 30.2. The first-order valence-electron chi connectivity index (χ1n) is 9.43. The van der Waals surface area contributed by atoms with Gasteiger partial charge in [0.1, 0.15) is 11.6 Å². The summed E-state index contributed by atoms with van der Waals surface area (Å²) in [6.45, 7) is 0. The molecule has 0 saturated heterocycles. The number of aromatic nitrogens is 7. The number of benzene rings is 1. The van der Waals surface area contributed by atoms with E-state index in [0.29, 0.717) is 35.1 Å². The second-order valence-corrected chi connectivity index (χ2v) is 6.92. The van der Waals surface area contributed by atoms with Crippen molar-refractivity contribution < 1.29 is 8.78 Å². The van der Waals surface area contributed by atoms with Crippen LogP contribution in [-0.4, -0.2) is 34.3 Å². The number of nitrogens with one attached hydrogen (secondary N) is 1. The third kappa shape index (κ3) is 3.70. The summed E-state index contributed by atoms with van der Waals surface area (Å²) in [5, 5.41) is 15.6. The van der Waals surface area contributed by atoms with Gasteiger partial charge in [-0.05, 0) is 35.9 Å². The van der Waals surface area contributed by atoms with Crippen LogP contribution >= 0.6 is 0 Å². The molecule has 0 spiro atoms. The zero-order chi connectivity index (χ0) is 21.4. The number of hydrogen-bond acceptors (Lipinski definition) is 6. The molecular weight excluding hydrogens is 402 g/mol. The van der Waals surface area contributed by atoms with Gasteiger partial charge in [0.15, 0.2) is 17.3 Å².